The Morgan fingerprint density at radius 1 is 1.38 bits per heavy atom. The Bertz CT molecular complexity index is 548. The molecule has 0 radical (unpaired) electrons. The molecule has 1 saturated heterocycles. The number of rotatable bonds is 2. The molecule has 2 N–H and O–H groups in total. The van der Waals surface area contributed by atoms with E-state index in [0.717, 1.165) is 25.0 Å². The molecule has 1 aromatic rings. The van der Waals surface area contributed by atoms with Gasteiger partial charge in [0, 0.05) is 17.5 Å². The fourth-order valence-electron chi connectivity index (χ4n) is 3.13. The van der Waals surface area contributed by atoms with Gasteiger partial charge in [-0.3, -0.25) is 10.1 Å². The molecule has 2 unspecified atom stereocenters. The highest BCUT2D eigenvalue weighted by molar-refractivity contribution is 7.15. The van der Waals surface area contributed by atoms with Crippen molar-refractivity contribution < 1.29 is 14.7 Å². The van der Waals surface area contributed by atoms with Gasteiger partial charge in [-0.15, -0.1) is 11.3 Å². The lowest BCUT2D eigenvalue weighted by Gasteiger charge is -2.22. The van der Waals surface area contributed by atoms with Gasteiger partial charge in [0.15, 0.2) is 5.13 Å². The summed E-state index contributed by atoms with van der Waals surface area (Å²) in [6.45, 7) is 2.27. The summed E-state index contributed by atoms with van der Waals surface area (Å²) < 4.78 is 0. The van der Waals surface area contributed by atoms with Crippen LogP contribution in [0.15, 0.2) is 0 Å². The summed E-state index contributed by atoms with van der Waals surface area (Å²) >= 11 is 1.54. The van der Waals surface area contributed by atoms with E-state index in [9.17, 15) is 9.59 Å². The van der Waals surface area contributed by atoms with E-state index < -0.39 is 11.9 Å². The van der Waals surface area contributed by atoms with Gasteiger partial charge < -0.3 is 10.0 Å². The summed E-state index contributed by atoms with van der Waals surface area (Å²) in [5.41, 5.74) is 1.11. The summed E-state index contributed by atoms with van der Waals surface area (Å²) in [7, 11) is 0. The van der Waals surface area contributed by atoms with E-state index in [-0.39, 0.29) is 12.1 Å². The summed E-state index contributed by atoms with van der Waals surface area (Å²) in [5, 5.41) is 12.6. The number of hydrogen-bond acceptors (Lipinski definition) is 4. The Kier molecular flexibility index (Phi) is 3.84. The molecule has 0 saturated carbocycles. The number of fused-ring (bicyclic) bond motifs is 1. The summed E-state index contributed by atoms with van der Waals surface area (Å²) in [4.78, 5) is 30.8. The number of nitrogens with one attached hydrogen (secondary N) is 1. The third-order valence-electron chi connectivity index (χ3n) is 4.39. The predicted molar refractivity (Wildman–Crippen MR) is 79.7 cm³/mol. The van der Waals surface area contributed by atoms with Crippen molar-refractivity contribution in [1.82, 2.24) is 9.88 Å². The van der Waals surface area contributed by atoms with Crippen molar-refractivity contribution in [3.63, 3.8) is 0 Å². The molecule has 0 bridgehead atoms. The van der Waals surface area contributed by atoms with Crippen molar-refractivity contribution in [2.75, 3.05) is 11.9 Å². The Labute approximate surface area is 127 Å². The minimum atomic E-state index is -0.831. The lowest BCUT2D eigenvalue weighted by molar-refractivity contribution is -0.142. The molecule has 7 heteroatoms. The van der Waals surface area contributed by atoms with Gasteiger partial charge in [-0.05, 0) is 39.0 Å². The lowest BCUT2D eigenvalue weighted by Crippen LogP contribution is -2.40. The number of carbonyl (C=O) groups is 2. The lowest BCUT2D eigenvalue weighted by atomic mass is 10.0. The van der Waals surface area contributed by atoms with Gasteiger partial charge in [-0.25, -0.2) is 9.78 Å². The van der Waals surface area contributed by atoms with E-state index in [1.165, 1.54) is 11.3 Å². The van der Waals surface area contributed by atoms with Crippen LogP contribution in [-0.2, 0) is 17.6 Å². The minimum absolute atomic E-state index is 0.239. The van der Waals surface area contributed by atoms with Crippen LogP contribution in [0, 0.1) is 5.92 Å². The predicted octanol–water partition coefficient (Wildman–Crippen LogP) is 2.35. The number of aliphatic carboxylic acids is 1. The van der Waals surface area contributed by atoms with Crippen LogP contribution >= 0.6 is 11.3 Å². The Hall–Kier alpha value is -1.63. The maximum absolute atomic E-state index is 12.3. The highest BCUT2D eigenvalue weighted by atomic mass is 32.1. The Balaban J connectivity index is 1.66. The molecular formula is C14H19N3O3S. The van der Waals surface area contributed by atoms with E-state index in [2.05, 4.69) is 10.3 Å². The molecule has 2 amide bonds. The molecule has 1 aliphatic heterocycles. The average Bonchev–Trinajstić information content (AvgIpc) is 3.01. The first-order valence-electron chi connectivity index (χ1n) is 7.35. The van der Waals surface area contributed by atoms with Crippen molar-refractivity contribution >= 4 is 28.5 Å². The maximum Gasteiger partial charge on any atom is 0.323 e. The largest absolute Gasteiger partial charge is 0.481 e. The zero-order valence-corrected chi connectivity index (χ0v) is 12.8. The third-order valence-corrected chi connectivity index (χ3v) is 5.47. The van der Waals surface area contributed by atoms with Crippen molar-refractivity contribution in [3.8, 4) is 0 Å². The number of nitrogens with zero attached hydrogens (tertiary/aromatic N) is 2. The van der Waals surface area contributed by atoms with Crippen molar-refractivity contribution in [2.45, 2.75) is 45.1 Å². The number of carboxylic acid groups (broad SMARTS) is 1. The van der Waals surface area contributed by atoms with Crippen LogP contribution < -0.4 is 5.32 Å². The van der Waals surface area contributed by atoms with E-state index in [1.54, 1.807) is 23.2 Å². The first kappa shape index (κ1) is 14.3. The van der Waals surface area contributed by atoms with E-state index >= 15 is 0 Å². The number of likely N-dealkylation sites (tertiary alicyclic amines) is 1. The summed E-state index contributed by atoms with van der Waals surface area (Å²) in [5.74, 6) is -1.30. The number of carboxylic acids is 1. The molecule has 21 heavy (non-hydrogen) atoms. The Morgan fingerprint density at radius 3 is 2.81 bits per heavy atom. The van der Waals surface area contributed by atoms with Gasteiger partial charge in [-0.1, -0.05) is 0 Å². The number of anilines is 1. The van der Waals surface area contributed by atoms with Crippen LogP contribution in [0.5, 0.6) is 0 Å². The van der Waals surface area contributed by atoms with E-state index in [1.807, 2.05) is 0 Å². The fraction of sp³-hybridized carbons (Fsp3) is 0.643. The number of aryl methyl sites for hydroxylation is 2. The Morgan fingerprint density at radius 2 is 2.14 bits per heavy atom. The first-order valence-corrected chi connectivity index (χ1v) is 8.17. The van der Waals surface area contributed by atoms with Crippen LogP contribution in [-0.4, -0.2) is 39.6 Å². The number of hydrogen-bond donors (Lipinski definition) is 2. The minimum Gasteiger partial charge on any atom is -0.481 e. The average molecular weight is 309 g/mol. The molecule has 3 rings (SSSR count). The molecule has 2 atom stereocenters. The molecule has 0 aromatic carbocycles. The van der Waals surface area contributed by atoms with Gasteiger partial charge in [0.05, 0.1) is 11.6 Å². The van der Waals surface area contributed by atoms with Gasteiger partial charge in [0.2, 0.25) is 0 Å². The SMILES string of the molecule is CC1C(C(=O)O)CCN1C(=O)Nc1nc2c(s1)CCCC2. The van der Waals surface area contributed by atoms with Gasteiger partial charge in [0.1, 0.15) is 0 Å². The maximum atomic E-state index is 12.3. The highest BCUT2D eigenvalue weighted by Crippen LogP contribution is 2.30. The smallest absolute Gasteiger partial charge is 0.323 e. The molecular weight excluding hydrogens is 290 g/mol. The second-order valence-corrected chi connectivity index (χ2v) is 6.78. The normalized spacial score (nSPS) is 24.7. The zero-order chi connectivity index (χ0) is 15.0. The number of aromatic nitrogens is 1. The van der Waals surface area contributed by atoms with Crippen molar-refractivity contribution in [2.24, 2.45) is 5.92 Å². The molecule has 2 heterocycles. The summed E-state index contributed by atoms with van der Waals surface area (Å²) in [6, 6.07) is -0.519. The molecule has 2 aliphatic rings. The summed E-state index contributed by atoms with van der Waals surface area (Å²) in [6.07, 6.45) is 4.89. The van der Waals surface area contributed by atoms with Crippen LogP contribution in [0.2, 0.25) is 0 Å². The van der Waals surface area contributed by atoms with E-state index in [4.69, 9.17) is 5.11 Å². The number of urea groups is 1. The highest BCUT2D eigenvalue weighted by Gasteiger charge is 2.38. The van der Waals surface area contributed by atoms with Crippen LogP contribution in [0.3, 0.4) is 0 Å². The quantitative estimate of drug-likeness (QED) is 0.878. The number of carbonyl (C=O) groups excluding carboxylic acids is 1. The van der Waals surface area contributed by atoms with Crippen LogP contribution in [0.25, 0.3) is 0 Å². The van der Waals surface area contributed by atoms with Crippen molar-refractivity contribution in [3.05, 3.63) is 10.6 Å². The van der Waals surface area contributed by atoms with Crippen LogP contribution in [0.1, 0.15) is 36.8 Å². The number of amides is 2. The van der Waals surface area contributed by atoms with Gasteiger partial charge >= 0.3 is 12.0 Å². The standard InChI is InChI=1S/C14H19N3O3S/c1-8-9(12(18)19)6-7-17(8)14(20)16-13-15-10-4-2-3-5-11(10)21-13/h8-9H,2-7H2,1H3,(H,18,19)(H,15,16,20). The molecule has 6 nitrogen and oxygen atoms in total. The van der Waals surface area contributed by atoms with E-state index in [0.29, 0.717) is 18.1 Å². The number of thiazole rings is 1. The molecule has 1 fully saturated rings. The first-order chi connectivity index (χ1) is 10.1. The second kappa shape index (κ2) is 5.63. The molecule has 0 spiro atoms. The second-order valence-electron chi connectivity index (χ2n) is 5.69. The molecule has 114 valence electrons. The zero-order valence-electron chi connectivity index (χ0n) is 12.0. The van der Waals surface area contributed by atoms with Crippen molar-refractivity contribution in [1.29, 1.82) is 0 Å². The monoisotopic (exact) mass is 309 g/mol. The van der Waals surface area contributed by atoms with Gasteiger partial charge in [0.25, 0.3) is 0 Å². The molecule has 1 aliphatic carbocycles. The third kappa shape index (κ3) is 2.74. The van der Waals surface area contributed by atoms with Gasteiger partial charge in [-0.2, -0.15) is 0 Å². The van der Waals surface area contributed by atoms with Crippen LogP contribution in [0.4, 0.5) is 9.93 Å². The fourth-order valence-corrected chi connectivity index (χ4v) is 4.16. The molecule has 1 aromatic heterocycles. The topological polar surface area (TPSA) is 82.5 Å².